The minimum atomic E-state index is -0.636. The number of carbonyl (C=O) groups excluding carboxylic acids is 2. The van der Waals surface area contributed by atoms with Gasteiger partial charge in [0.25, 0.3) is 5.91 Å². The molecular formula is C21H18N4O4. The lowest BCUT2D eigenvalue weighted by atomic mass is 9.86. The summed E-state index contributed by atoms with van der Waals surface area (Å²) < 4.78 is 11.0. The van der Waals surface area contributed by atoms with Crippen molar-refractivity contribution in [1.29, 1.82) is 0 Å². The van der Waals surface area contributed by atoms with Crippen LogP contribution in [0.3, 0.4) is 0 Å². The second kappa shape index (κ2) is 5.74. The van der Waals surface area contributed by atoms with Crippen LogP contribution in [-0.2, 0) is 16.0 Å². The highest BCUT2D eigenvalue weighted by Gasteiger charge is 2.47. The molecule has 0 spiro atoms. The molecule has 3 aromatic rings. The van der Waals surface area contributed by atoms with Crippen LogP contribution in [0.15, 0.2) is 42.5 Å². The first-order chi connectivity index (χ1) is 14.1. The molecule has 0 saturated carbocycles. The summed E-state index contributed by atoms with van der Waals surface area (Å²) >= 11 is 0. The van der Waals surface area contributed by atoms with E-state index in [4.69, 9.17) is 15.3 Å². The van der Waals surface area contributed by atoms with Gasteiger partial charge in [-0.05, 0) is 29.3 Å². The third kappa shape index (κ3) is 2.23. The first-order valence-corrected chi connectivity index (χ1v) is 9.48. The predicted molar refractivity (Wildman–Crippen MR) is 103 cm³/mol. The molecule has 3 N–H and O–H groups in total. The molecule has 8 nitrogen and oxygen atoms in total. The molecular weight excluding hydrogens is 372 g/mol. The molecule has 3 aliphatic heterocycles. The van der Waals surface area contributed by atoms with Crippen molar-refractivity contribution in [3.05, 3.63) is 59.3 Å². The molecule has 2 amide bonds. The van der Waals surface area contributed by atoms with Crippen LogP contribution in [0.2, 0.25) is 0 Å². The van der Waals surface area contributed by atoms with Crippen LogP contribution >= 0.6 is 0 Å². The van der Waals surface area contributed by atoms with Crippen molar-refractivity contribution in [3.8, 4) is 11.5 Å². The van der Waals surface area contributed by atoms with Crippen molar-refractivity contribution in [2.75, 3.05) is 13.3 Å². The quantitative estimate of drug-likeness (QED) is 0.484. The molecule has 1 fully saturated rings. The number of para-hydroxylation sites is 1. The standard InChI is InChI=1S/C21H18N4O4/c22-24-9-18(26)25-15(21(24)27)8-13-12-3-1-2-4-14(12)23-19(13)20(25)11-5-6-16-17(7-11)29-10-28-16/h1-7,15,20,23H,8-10,22H2/t15-,20?/m1/s1. The van der Waals surface area contributed by atoms with Crippen molar-refractivity contribution in [1.82, 2.24) is 14.9 Å². The number of hydrazine groups is 1. The second-order valence-electron chi connectivity index (χ2n) is 7.57. The normalized spacial score (nSPS) is 22.8. The molecule has 29 heavy (non-hydrogen) atoms. The van der Waals surface area contributed by atoms with E-state index in [2.05, 4.69) is 4.98 Å². The van der Waals surface area contributed by atoms with Gasteiger partial charge in [0.2, 0.25) is 12.7 Å². The topological polar surface area (TPSA) is 101 Å². The van der Waals surface area contributed by atoms with E-state index in [0.29, 0.717) is 17.9 Å². The van der Waals surface area contributed by atoms with Crippen LogP contribution in [0.4, 0.5) is 0 Å². The van der Waals surface area contributed by atoms with E-state index in [1.54, 1.807) is 4.90 Å². The number of nitrogens with zero attached hydrogens (tertiary/aromatic N) is 2. The van der Waals surface area contributed by atoms with E-state index in [9.17, 15) is 9.59 Å². The monoisotopic (exact) mass is 390 g/mol. The number of nitrogens with one attached hydrogen (secondary N) is 1. The zero-order chi connectivity index (χ0) is 19.7. The Kier molecular flexibility index (Phi) is 3.25. The average molecular weight is 390 g/mol. The number of H-pyrrole nitrogens is 1. The number of piperazine rings is 1. The van der Waals surface area contributed by atoms with Gasteiger partial charge >= 0.3 is 0 Å². The van der Waals surface area contributed by atoms with Crippen LogP contribution in [0.25, 0.3) is 10.9 Å². The lowest BCUT2D eigenvalue weighted by molar-refractivity contribution is -0.158. The van der Waals surface area contributed by atoms with Crippen molar-refractivity contribution in [3.63, 3.8) is 0 Å². The predicted octanol–water partition coefficient (Wildman–Crippen LogP) is 1.46. The zero-order valence-electron chi connectivity index (χ0n) is 15.4. The van der Waals surface area contributed by atoms with E-state index in [0.717, 1.165) is 32.7 Å². The van der Waals surface area contributed by atoms with Crippen LogP contribution in [0.5, 0.6) is 11.5 Å². The minimum absolute atomic E-state index is 0.133. The Morgan fingerprint density at radius 1 is 1.07 bits per heavy atom. The molecule has 6 rings (SSSR count). The average Bonchev–Trinajstić information content (AvgIpc) is 3.34. The molecule has 0 aliphatic carbocycles. The van der Waals surface area contributed by atoms with E-state index in [-0.39, 0.29) is 25.2 Å². The van der Waals surface area contributed by atoms with Gasteiger partial charge in [-0.25, -0.2) is 5.84 Å². The second-order valence-corrected chi connectivity index (χ2v) is 7.57. The van der Waals surface area contributed by atoms with Gasteiger partial charge in [0.05, 0.1) is 6.04 Å². The maximum atomic E-state index is 13.0. The first-order valence-electron chi connectivity index (χ1n) is 9.48. The largest absolute Gasteiger partial charge is 0.454 e. The number of hydrogen-bond acceptors (Lipinski definition) is 5. The third-order valence-electron chi connectivity index (χ3n) is 6.01. The van der Waals surface area contributed by atoms with Crippen molar-refractivity contribution in [2.24, 2.45) is 5.84 Å². The van der Waals surface area contributed by atoms with Crippen LogP contribution in [0.1, 0.15) is 22.9 Å². The maximum Gasteiger partial charge on any atom is 0.260 e. The molecule has 4 heterocycles. The van der Waals surface area contributed by atoms with Crippen LogP contribution < -0.4 is 15.3 Å². The summed E-state index contributed by atoms with van der Waals surface area (Å²) in [6.45, 7) is 0.0406. The van der Waals surface area contributed by atoms with E-state index < -0.39 is 12.1 Å². The fourth-order valence-corrected chi connectivity index (χ4v) is 4.72. The highest BCUT2D eigenvalue weighted by Crippen LogP contribution is 2.44. The van der Waals surface area contributed by atoms with Crippen molar-refractivity contribution < 1.29 is 19.1 Å². The van der Waals surface area contributed by atoms with Gasteiger partial charge < -0.3 is 19.4 Å². The number of benzene rings is 2. The molecule has 8 heteroatoms. The Balaban J connectivity index is 1.59. The summed E-state index contributed by atoms with van der Waals surface area (Å²) in [5.41, 5.74) is 3.81. The number of ether oxygens (including phenoxy) is 2. The minimum Gasteiger partial charge on any atom is -0.454 e. The highest BCUT2D eigenvalue weighted by atomic mass is 16.7. The number of nitrogens with two attached hydrogens (primary N) is 1. The van der Waals surface area contributed by atoms with Crippen molar-refractivity contribution in [2.45, 2.75) is 18.5 Å². The number of carbonyl (C=O) groups is 2. The number of aromatic nitrogens is 1. The van der Waals surface area contributed by atoms with Gasteiger partial charge in [0.1, 0.15) is 12.6 Å². The Hall–Kier alpha value is -3.52. The SMILES string of the molecule is NN1CC(=O)N2C(c3ccc4c(c3)OCO4)c3[nH]c4ccccc4c3C[C@@H]2C1=O. The molecule has 0 radical (unpaired) electrons. The van der Waals surface area contributed by atoms with Crippen LogP contribution in [-0.4, -0.2) is 46.1 Å². The number of aromatic amines is 1. The van der Waals surface area contributed by atoms with Gasteiger partial charge in [-0.3, -0.25) is 14.6 Å². The Bertz CT molecular complexity index is 1190. The molecule has 1 aromatic heterocycles. The van der Waals surface area contributed by atoms with Gasteiger partial charge in [-0.1, -0.05) is 24.3 Å². The molecule has 2 atom stereocenters. The van der Waals surface area contributed by atoms with Gasteiger partial charge in [-0.2, -0.15) is 0 Å². The molecule has 1 unspecified atom stereocenters. The van der Waals surface area contributed by atoms with Gasteiger partial charge in [0.15, 0.2) is 11.5 Å². The summed E-state index contributed by atoms with van der Waals surface area (Å²) in [6.07, 6.45) is 0.429. The number of fused-ring (bicyclic) bond motifs is 5. The lowest BCUT2D eigenvalue weighted by Gasteiger charge is -2.46. The Morgan fingerprint density at radius 2 is 1.90 bits per heavy atom. The number of rotatable bonds is 1. The highest BCUT2D eigenvalue weighted by molar-refractivity contribution is 5.97. The summed E-state index contributed by atoms with van der Waals surface area (Å²) in [6, 6.07) is 12.6. The fourth-order valence-electron chi connectivity index (χ4n) is 4.72. The van der Waals surface area contributed by atoms with Crippen molar-refractivity contribution >= 4 is 22.7 Å². The lowest BCUT2D eigenvalue weighted by Crippen LogP contribution is -2.64. The molecule has 1 saturated heterocycles. The van der Waals surface area contributed by atoms with Gasteiger partial charge in [0, 0.05) is 23.0 Å². The first kappa shape index (κ1) is 16.4. The molecule has 146 valence electrons. The van der Waals surface area contributed by atoms with E-state index in [1.807, 2.05) is 42.5 Å². The number of hydrogen-bond donors (Lipinski definition) is 2. The zero-order valence-corrected chi connectivity index (χ0v) is 15.4. The van der Waals surface area contributed by atoms with Crippen LogP contribution in [0, 0.1) is 0 Å². The Labute approximate surface area is 165 Å². The smallest absolute Gasteiger partial charge is 0.260 e. The summed E-state index contributed by atoms with van der Waals surface area (Å²) in [7, 11) is 0. The maximum absolute atomic E-state index is 13.0. The summed E-state index contributed by atoms with van der Waals surface area (Å²) in [5, 5.41) is 2.09. The third-order valence-corrected chi connectivity index (χ3v) is 6.01. The van der Waals surface area contributed by atoms with E-state index >= 15 is 0 Å². The summed E-state index contributed by atoms with van der Waals surface area (Å²) in [5.74, 6) is 6.72. The molecule has 0 bridgehead atoms. The Morgan fingerprint density at radius 3 is 2.79 bits per heavy atom. The van der Waals surface area contributed by atoms with E-state index in [1.165, 1.54) is 0 Å². The van der Waals surface area contributed by atoms with Gasteiger partial charge in [-0.15, -0.1) is 0 Å². The summed E-state index contributed by atoms with van der Waals surface area (Å²) in [4.78, 5) is 31.1. The molecule has 2 aromatic carbocycles. The molecule has 3 aliphatic rings. The number of amides is 2. The fraction of sp³-hybridized carbons (Fsp3) is 0.238.